The average molecular weight is 238 g/mol. The van der Waals surface area contributed by atoms with Gasteiger partial charge < -0.3 is 5.32 Å². The van der Waals surface area contributed by atoms with Gasteiger partial charge in [0.15, 0.2) is 0 Å². The Hall–Kier alpha value is -0.670. The Morgan fingerprint density at radius 1 is 1.56 bits per heavy atom. The molecule has 1 unspecified atom stereocenters. The van der Waals surface area contributed by atoms with E-state index in [-0.39, 0.29) is 5.41 Å². The van der Waals surface area contributed by atoms with Crippen molar-refractivity contribution in [3.63, 3.8) is 0 Å². The molecule has 0 saturated heterocycles. The summed E-state index contributed by atoms with van der Waals surface area (Å²) in [7, 11) is 0. The van der Waals surface area contributed by atoms with Gasteiger partial charge in [0.05, 0.1) is 10.7 Å². The Morgan fingerprint density at radius 2 is 2.25 bits per heavy atom. The minimum absolute atomic E-state index is 0.162. The molecule has 0 amide bonds. The highest BCUT2D eigenvalue weighted by Gasteiger charge is 2.17. The summed E-state index contributed by atoms with van der Waals surface area (Å²) in [6, 6.07) is 0.470. The van der Waals surface area contributed by atoms with Gasteiger partial charge in [-0.05, 0) is 13.3 Å². The SMILES string of the molecule is C=CCC(C)NCc1csc(C(C)(C)C)n1. The average Bonchev–Trinajstić information content (AvgIpc) is 2.63. The van der Waals surface area contributed by atoms with Crippen molar-refractivity contribution in [3.05, 3.63) is 28.7 Å². The molecule has 1 aromatic rings. The van der Waals surface area contributed by atoms with Gasteiger partial charge in [0.25, 0.3) is 0 Å². The number of rotatable bonds is 5. The molecule has 0 spiro atoms. The van der Waals surface area contributed by atoms with E-state index in [9.17, 15) is 0 Å². The molecule has 0 aliphatic carbocycles. The molecule has 0 aromatic carbocycles. The lowest BCUT2D eigenvalue weighted by atomic mass is 9.98. The Bertz CT molecular complexity index is 336. The molecule has 0 radical (unpaired) electrons. The molecule has 0 aliphatic heterocycles. The van der Waals surface area contributed by atoms with Crippen LogP contribution in [-0.4, -0.2) is 11.0 Å². The first kappa shape index (κ1) is 13.4. The Balaban J connectivity index is 2.50. The number of thiazole rings is 1. The molecule has 0 aliphatic rings. The first-order valence-electron chi connectivity index (χ1n) is 5.72. The van der Waals surface area contributed by atoms with Crippen molar-refractivity contribution >= 4 is 11.3 Å². The van der Waals surface area contributed by atoms with Crippen LogP contribution in [0.4, 0.5) is 0 Å². The lowest BCUT2D eigenvalue weighted by molar-refractivity contribution is 0.542. The minimum Gasteiger partial charge on any atom is -0.308 e. The van der Waals surface area contributed by atoms with Crippen molar-refractivity contribution in [2.45, 2.75) is 52.1 Å². The van der Waals surface area contributed by atoms with Gasteiger partial charge in [-0.1, -0.05) is 26.8 Å². The smallest absolute Gasteiger partial charge is 0.0982 e. The van der Waals surface area contributed by atoms with E-state index >= 15 is 0 Å². The Kier molecular flexibility index (Phi) is 4.69. The van der Waals surface area contributed by atoms with Gasteiger partial charge >= 0.3 is 0 Å². The molecule has 3 heteroatoms. The van der Waals surface area contributed by atoms with E-state index < -0.39 is 0 Å². The Morgan fingerprint density at radius 3 is 2.75 bits per heavy atom. The highest BCUT2D eigenvalue weighted by Crippen LogP contribution is 2.25. The van der Waals surface area contributed by atoms with Crippen LogP contribution in [0.5, 0.6) is 0 Å². The second-order valence-corrected chi connectivity index (χ2v) is 6.06. The number of nitrogens with one attached hydrogen (secondary N) is 1. The maximum atomic E-state index is 4.64. The van der Waals surface area contributed by atoms with Crippen molar-refractivity contribution in [1.82, 2.24) is 10.3 Å². The van der Waals surface area contributed by atoms with Crippen LogP contribution in [0.25, 0.3) is 0 Å². The van der Waals surface area contributed by atoms with Gasteiger partial charge in [0.2, 0.25) is 0 Å². The summed E-state index contributed by atoms with van der Waals surface area (Å²) in [4.78, 5) is 4.64. The van der Waals surface area contributed by atoms with E-state index in [1.807, 2.05) is 6.08 Å². The topological polar surface area (TPSA) is 24.9 Å². The molecule has 90 valence electrons. The summed E-state index contributed by atoms with van der Waals surface area (Å²) >= 11 is 1.75. The summed E-state index contributed by atoms with van der Waals surface area (Å²) in [5, 5.41) is 6.79. The maximum Gasteiger partial charge on any atom is 0.0982 e. The second-order valence-electron chi connectivity index (χ2n) is 5.20. The minimum atomic E-state index is 0.162. The number of hydrogen-bond donors (Lipinski definition) is 1. The summed E-state index contributed by atoms with van der Waals surface area (Å²) in [6.07, 6.45) is 2.94. The van der Waals surface area contributed by atoms with Crippen LogP contribution in [0.15, 0.2) is 18.0 Å². The van der Waals surface area contributed by atoms with Gasteiger partial charge in [-0.3, -0.25) is 0 Å². The van der Waals surface area contributed by atoms with E-state index in [1.165, 1.54) is 5.01 Å². The number of hydrogen-bond acceptors (Lipinski definition) is 3. The number of nitrogens with zero attached hydrogens (tertiary/aromatic N) is 1. The summed E-state index contributed by atoms with van der Waals surface area (Å²) in [6.45, 7) is 13.3. The highest BCUT2D eigenvalue weighted by molar-refractivity contribution is 7.09. The predicted octanol–water partition coefficient (Wildman–Crippen LogP) is 3.49. The molecule has 1 atom stereocenters. The number of aromatic nitrogens is 1. The van der Waals surface area contributed by atoms with Crippen LogP contribution in [0.1, 0.15) is 44.8 Å². The Labute approximate surface area is 103 Å². The highest BCUT2D eigenvalue weighted by atomic mass is 32.1. The van der Waals surface area contributed by atoms with Crippen molar-refractivity contribution in [1.29, 1.82) is 0 Å². The van der Waals surface area contributed by atoms with Crippen LogP contribution >= 0.6 is 11.3 Å². The van der Waals surface area contributed by atoms with E-state index in [2.05, 4.69) is 50.0 Å². The van der Waals surface area contributed by atoms with Gasteiger partial charge in [0.1, 0.15) is 0 Å². The zero-order chi connectivity index (χ0) is 12.2. The summed E-state index contributed by atoms with van der Waals surface area (Å²) < 4.78 is 0. The normalized spacial score (nSPS) is 13.8. The first-order chi connectivity index (χ1) is 7.43. The standard InChI is InChI=1S/C13H22N2S/c1-6-7-10(2)14-8-11-9-16-12(15-11)13(3,4)5/h6,9-10,14H,1,7-8H2,2-5H3. The fourth-order valence-electron chi connectivity index (χ4n) is 1.34. The zero-order valence-corrected chi connectivity index (χ0v) is 11.5. The molecule has 1 aromatic heterocycles. The van der Waals surface area contributed by atoms with E-state index in [0.717, 1.165) is 18.7 Å². The lowest BCUT2D eigenvalue weighted by Crippen LogP contribution is -2.25. The molecule has 16 heavy (non-hydrogen) atoms. The van der Waals surface area contributed by atoms with Gasteiger partial charge in [0, 0.05) is 23.4 Å². The van der Waals surface area contributed by atoms with Crippen LogP contribution < -0.4 is 5.32 Å². The fourth-order valence-corrected chi connectivity index (χ4v) is 2.25. The molecule has 1 N–H and O–H groups in total. The molecule has 1 rings (SSSR count). The van der Waals surface area contributed by atoms with E-state index in [1.54, 1.807) is 11.3 Å². The fraction of sp³-hybridized carbons (Fsp3) is 0.615. The van der Waals surface area contributed by atoms with Gasteiger partial charge in [-0.25, -0.2) is 4.98 Å². The van der Waals surface area contributed by atoms with Crippen molar-refractivity contribution in [2.24, 2.45) is 0 Å². The molecule has 0 fully saturated rings. The molecule has 0 saturated carbocycles. The third-order valence-corrected chi connectivity index (χ3v) is 3.66. The molecular weight excluding hydrogens is 216 g/mol. The largest absolute Gasteiger partial charge is 0.308 e. The monoisotopic (exact) mass is 238 g/mol. The second kappa shape index (κ2) is 5.60. The van der Waals surface area contributed by atoms with Gasteiger partial charge in [-0.2, -0.15) is 0 Å². The third kappa shape index (κ3) is 4.06. The summed E-state index contributed by atoms with van der Waals surface area (Å²) in [5.41, 5.74) is 1.31. The van der Waals surface area contributed by atoms with E-state index in [4.69, 9.17) is 0 Å². The zero-order valence-electron chi connectivity index (χ0n) is 10.7. The summed E-state index contributed by atoms with van der Waals surface area (Å²) in [5.74, 6) is 0. The van der Waals surface area contributed by atoms with Gasteiger partial charge in [-0.15, -0.1) is 17.9 Å². The first-order valence-corrected chi connectivity index (χ1v) is 6.60. The third-order valence-electron chi connectivity index (χ3n) is 2.35. The predicted molar refractivity (Wildman–Crippen MR) is 71.9 cm³/mol. The van der Waals surface area contributed by atoms with Crippen LogP contribution in [0.2, 0.25) is 0 Å². The maximum absolute atomic E-state index is 4.64. The van der Waals surface area contributed by atoms with Crippen LogP contribution in [0, 0.1) is 0 Å². The quantitative estimate of drug-likeness (QED) is 0.794. The van der Waals surface area contributed by atoms with Crippen LogP contribution in [-0.2, 0) is 12.0 Å². The van der Waals surface area contributed by atoms with Crippen molar-refractivity contribution in [2.75, 3.05) is 0 Å². The molecule has 1 heterocycles. The molecule has 2 nitrogen and oxygen atoms in total. The van der Waals surface area contributed by atoms with Crippen molar-refractivity contribution in [3.8, 4) is 0 Å². The lowest BCUT2D eigenvalue weighted by Gasteiger charge is -2.14. The van der Waals surface area contributed by atoms with E-state index in [0.29, 0.717) is 6.04 Å². The molecule has 0 bridgehead atoms. The van der Waals surface area contributed by atoms with Crippen LogP contribution in [0.3, 0.4) is 0 Å². The molecular formula is C13H22N2S. The van der Waals surface area contributed by atoms with Crippen molar-refractivity contribution < 1.29 is 0 Å².